The summed E-state index contributed by atoms with van der Waals surface area (Å²) >= 11 is -0.320. The lowest BCUT2D eigenvalue weighted by Crippen LogP contribution is -2.06. The van der Waals surface area contributed by atoms with Crippen molar-refractivity contribution >= 4 is 28.5 Å². The van der Waals surface area contributed by atoms with Crippen molar-refractivity contribution in [2.45, 2.75) is 24.1 Å². The Morgan fingerprint density at radius 1 is 1.64 bits per heavy atom. The number of carbonyl (C=O) groups is 1. The molecule has 0 amide bonds. The molecule has 1 unspecified atom stereocenters. The molecule has 0 aliphatic heterocycles. The van der Waals surface area contributed by atoms with E-state index in [1.165, 1.54) is 0 Å². The van der Waals surface area contributed by atoms with E-state index in [9.17, 15) is 9.35 Å². The number of aromatic carboxylic acids is 1. The number of rotatable bonds is 5. The van der Waals surface area contributed by atoms with Crippen molar-refractivity contribution in [2.24, 2.45) is 0 Å². The predicted molar refractivity (Wildman–Crippen MR) is 53.1 cm³/mol. The van der Waals surface area contributed by atoms with Crippen LogP contribution in [0, 0.1) is 0 Å². The van der Waals surface area contributed by atoms with E-state index in [-0.39, 0.29) is 5.01 Å². The highest BCUT2D eigenvalue weighted by Crippen LogP contribution is 2.17. The first-order valence-corrected chi connectivity index (χ1v) is 6.24. The quantitative estimate of drug-likeness (QED) is 0.772. The molecule has 0 radical (unpaired) electrons. The lowest BCUT2D eigenvalue weighted by Gasteiger charge is -2.03. The second kappa shape index (κ2) is 5.28. The van der Waals surface area contributed by atoms with Crippen molar-refractivity contribution in [3.63, 3.8) is 0 Å². The van der Waals surface area contributed by atoms with Gasteiger partial charge in [0.05, 0.1) is 0 Å². The highest BCUT2D eigenvalue weighted by Gasteiger charge is 2.19. The molecule has 78 valence electrons. The molecule has 5 nitrogen and oxygen atoms in total. The second-order valence-electron chi connectivity index (χ2n) is 2.58. The zero-order chi connectivity index (χ0) is 10.6. The molecule has 1 aromatic rings. The Labute approximate surface area is 88.4 Å². The van der Waals surface area contributed by atoms with Crippen molar-refractivity contribution in [1.82, 2.24) is 10.2 Å². The van der Waals surface area contributed by atoms with E-state index in [0.717, 1.165) is 24.2 Å². The Balaban J connectivity index is 2.61. The SMILES string of the molecule is CCCC[S+]([O-])c1nnc(C(=O)O)s1. The Hall–Kier alpha value is -0.660. The lowest BCUT2D eigenvalue weighted by atomic mass is 10.4. The topological polar surface area (TPSA) is 86.1 Å². The summed E-state index contributed by atoms with van der Waals surface area (Å²) in [4.78, 5) is 10.5. The van der Waals surface area contributed by atoms with Crippen LogP contribution in [0.4, 0.5) is 0 Å². The van der Waals surface area contributed by atoms with Crippen LogP contribution in [0.3, 0.4) is 0 Å². The Bertz CT molecular complexity index is 316. The first-order valence-electron chi connectivity index (χ1n) is 4.10. The first-order chi connectivity index (χ1) is 6.65. The van der Waals surface area contributed by atoms with E-state index in [1.54, 1.807) is 0 Å². The Morgan fingerprint density at radius 3 is 2.86 bits per heavy atom. The molecule has 1 atom stereocenters. The third-order valence-corrected chi connectivity index (χ3v) is 4.11. The summed E-state index contributed by atoms with van der Waals surface area (Å²) in [6.07, 6.45) is 1.80. The smallest absolute Gasteiger partial charge is 0.367 e. The third-order valence-electron chi connectivity index (χ3n) is 1.47. The number of carboxylic acids is 1. The average molecular weight is 234 g/mol. The van der Waals surface area contributed by atoms with Gasteiger partial charge in [0.15, 0.2) is 0 Å². The van der Waals surface area contributed by atoms with Crippen LogP contribution in [0.25, 0.3) is 0 Å². The monoisotopic (exact) mass is 234 g/mol. The third kappa shape index (κ3) is 2.93. The van der Waals surface area contributed by atoms with Gasteiger partial charge < -0.3 is 9.66 Å². The van der Waals surface area contributed by atoms with E-state index >= 15 is 0 Å². The van der Waals surface area contributed by atoms with Gasteiger partial charge in [-0.3, -0.25) is 0 Å². The summed E-state index contributed by atoms with van der Waals surface area (Å²) in [5.41, 5.74) is 0. The maximum atomic E-state index is 11.5. The van der Waals surface area contributed by atoms with E-state index in [1.807, 2.05) is 6.92 Å². The molecule has 0 saturated carbocycles. The molecule has 7 heteroatoms. The molecule has 0 fully saturated rings. The number of nitrogens with zero attached hydrogens (tertiary/aromatic N) is 2. The van der Waals surface area contributed by atoms with Gasteiger partial charge in [0.2, 0.25) is 5.01 Å². The highest BCUT2D eigenvalue weighted by molar-refractivity contribution is 7.93. The van der Waals surface area contributed by atoms with Crippen molar-refractivity contribution < 1.29 is 14.5 Å². The summed E-state index contributed by atoms with van der Waals surface area (Å²) in [6.45, 7) is 2.00. The second-order valence-corrected chi connectivity index (χ2v) is 5.30. The fraction of sp³-hybridized carbons (Fsp3) is 0.571. The van der Waals surface area contributed by atoms with Gasteiger partial charge in [-0.2, -0.15) is 0 Å². The van der Waals surface area contributed by atoms with Gasteiger partial charge in [-0.25, -0.2) is 4.79 Å². The minimum absolute atomic E-state index is 0.107. The lowest BCUT2D eigenvalue weighted by molar-refractivity contribution is 0.0695. The normalized spacial score (nSPS) is 12.7. The zero-order valence-electron chi connectivity index (χ0n) is 7.60. The van der Waals surface area contributed by atoms with Crippen molar-refractivity contribution in [3.8, 4) is 0 Å². The van der Waals surface area contributed by atoms with Gasteiger partial charge in [-0.15, -0.1) is 5.10 Å². The van der Waals surface area contributed by atoms with E-state index in [0.29, 0.717) is 10.1 Å². The number of aromatic nitrogens is 2. The molecule has 0 saturated heterocycles. The van der Waals surface area contributed by atoms with E-state index in [4.69, 9.17) is 5.11 Å². The van der Waals surface area contributed by atoms with Crippen molar-refractivity contribution in [2.75, 3.05) is 5.75 Å². The highest BCUT2D eigenvalue weighted by atomic mass is 32.2. The van der Waals surface area contributed by atoms with Crippen LogP contribution in [0.5, 0.6) is 0 Å². The average Bonchev–Trinajstić information content (AvgIpc) is 2.62. The Morgan fingerprint density at radius 2 is 2.36 bits per heavy atom. The van der Waals surface area contributed by atoms with Crippen LogP contribution in [-0.2, 0) is 11.2 Å². The Kier molecular flexibility index (Phi) is 4.30. The maximum absolute atomic E-state index is 11.5. The standard InChI is InChI=1S/C7H10N2O3S2/c1-2-3-4-14(12)7-9-8-5(13-7)6(10)11/h2-4H2,1H3,(H,10,11). The molecule has 0 aliphatic carbocycles. The van der Waals surface area contributed by atoms with Crippen LogP contribution >= 0.6 is 11.3 Å². The summed E-state index contributed by atoms with van der Waals surface area (Å²) in [7, 11) is 0. The molecule has 14 heavy (non-hydrogen) atoms. The van der Waals surface area contributed by atoms with Crippen LogP contribution < -0.4 is 0 Å². The summed E-state index contributed by atoms with van der Waals surface area (Å²) in [5, 5.41) is 15.5. The van der Waals surface area contributed by atoms with Gasteiger partial charge in [0.1, 0.15) is 5.75 Å². The van der Waals surface area contributed by atoms with Crippen LogP contribution in [0.15, 0.2) is 4.34 Å². The van der Waals surface area contributed by atoms with Gasteiger partial charge in [-0.05, 0) is 17.8 Å². The van der Waals surface area contributed by atoms with Gasteiger partial charge in [0, 0.05) is 11.2 Å². The molecule has 1 heterocycles. The molecule has 0 spiro atoms. The molecular formula is C7H10N2O3S2. The van der Waals surface area contributed by atoms with Crippen LogP contribution in [0.1, 0.15) is 29.6 Å². The molecule has 0 bridgehead atoms. The number of hydrogen-bond acceptors (Lipinski definition) is 5. The number of unbranched alkanes of at least 4 members (excludes halogenated alkanes) is 1. The summed E-state index contributed by atoms with van der Waals surface area (Å²) in [5.74, 6) is -0.605. The predicted octanol–water partition coefficient (Wildman–Crippen LogP) is 1.14. The zero-order valence-corrected chi connectivity index (χ0v) is 9.23. The molecule has 1 N–H and O–H groups in total. The molecule has 0 aromatic carbocycles. The number of hydrogen-bond donors (Lipinski definition) is 1. The van der Waals surface area contributed by atoms with Crippen molar-refractivity contribution in [1.29, 1.82) is 0 Å². The molecule has 1 aromatic heterocycles. The van der Waals surface area contributed by atoms with E-state index < -0.39 is 17.1 Å². The largest absolute Gasteiger partial charge is 0.610 e. The van der Waals surface area contributed by atoms with Gasteiger partial charge in [-0.1, -0.05) is 18.4 Å². The number of carboxylic acid groups (broad SMARTS) is 1. The minimum Gasteiger partial charge on any atom is -0.610 e. The first kappa shape index (κ1) is 11.4. The van der Waals surface area contributed by atoms with Crippen LogP contribution in [-0.4, -0.2) is 31.6 Å². The summed E-state index contributed by atoms with van der Waals surface area (Å²) < 4.78 is 11.8. The maximum Gasteiger partial charge on any atom is 0.367 e. The van der Waals surface area contributed by atoms with Gasteiger partial charge >= 0.3 is 10.3 Å². The summed E-state index contributed by atoms with van der Waals surface area (Å²) in [6, 6.07) is 0. The van der Waals surface area contributed by atoms with Crippen molar-refractivity contribution in [3.05, 3.63) is 5.01 Å². The fourth-order valence-corrected chi connectivity index (χ4v) is 2.88. The van der Waals surface area contributed by atoms with E-state index in [2.05, 4.69) is 10.2 Å². The molecular weight excluding hydrogens is 224 g/mol. The van der Waals surface area contributed by atoms with Gasteiger partial charge in [0.25, 0.3) is 0 Å². The fourth-order valence-electron chi connectivity index (χ4n) is 0.751. The van der Waals surface area contributed by atoms with Crippen LogP contribution in [0.2, 0.25) is 0 Å². The molecule has 0 aliphatic rings. The minimum atomic E-state index is -1.20. The molecule has 1 rings (SSSR count).